The molecule has 0 unspecified atom stereocenters. The van der Waals surface area contributed by atoms with Crippen molar-refractivity contribution >= 4 is 29.5 Å². The number of aromatic nitrogens is 3. The molecule has 2 saturated heterocycles. The molecule has 2 fully saturated rings. The minimum Gasteiger partial charge on any atom is -0.483 e. The SMILES string of the molecule is CCc1cc(Nc2nccn3c(-c4ccc(OC(F)F)c(F)c4F)cnc23)ccc1C(=O)NCC1CCN(CC2CNC2)CC1.O=CO. The second kappa shape index (κ2) is 15.9. The fourth-order valence-electron chi connectivity index (χ4n) is 5.99. The molecule has 2 aliphatic rings. The first-order valence-electron chi connectivity index (χ1n) is 15.7. The molecule has 1 amide bonds. The first-order chi connectivity index (χ1) is 23.2. The van der Waals surface area contributed by atoms with Gasteiger partial charge >= 0.3 is 6.61 Å². The summed E-state index contributed by atoms with van der Waals surface area (Å²) in [6.07, 6.45) is 7.14. The maximum absolute atomic E-state index is 14.9. The van der Waals surface area contributed by atoms with E-state index in [1.807, 2.05) is 13.0 Å². The second-order valence-corrected chi connectivity index (χ2v) is 11.7. The van der Waals surface area contributed by atoms with Crippen LogP contribution in [0.4, 0.5) is 29.1 Å². The molecule has 2 aromatic heterocycles. The van der Waals surface area contributed by atoms with E-state index >= 15 is 0 Å². The van der Waals surface area contributed by atoms with Gasteiger partial charge in [0.05, 0.1) is 11.9 Å². The van der Waals surface area contributed by atoms with Crippen molar-refractivity contribution in [1.29, 1.82) is 0 Å². The largest absolute Gasteiger partial charge is 0.483 e. The number of rotatable bonds is 11. The van der Waals surface area contributed by atoms with Crippen LogP contribution in [0.1, 0.15) is 35.7 Å². The van der Waals surface area contributed by atoms with E-state index in [1.165, 1.54) is 23.0 Å². The van der Waals surface area contributed by atoms with Crippen LogP contribution < -0.4 is 20.7 Å². The zero-order chi connectivity index (χ0) is 34.2. The van der Waals surface area contributed by atoms with Crippen LogP contribution in [0.2, 0.25) is 0 Å². The third-order valence-corrected chi connectivity index (χ3v) is 8.60. The Hall–Kier alpha value is -4.76. The molecule has 256 valence electrons. The molecule has 0 saturated carbocycles. The zero-order valence-electron chi connectivity index (χ0n) is 26.3. The van der Waals surface area contributed by atoms with Gasteiger partial charge in [-0.3, -0.25) is 14.0 Å². The maximum Gasteiger partial charge on any atom is 0.387 e. The Morgan fingerprint density at radius 3 is 2.54 bits per heavy atom. The first-order valence-corrected chi connectivity index (χ1v) is 15.7. The Bertz CT molecular complexity index is 1730. The molecule has 4 aromatic rings. The summed E-state index contributed by atoms with van der Waals surface area (Å²) in [4.78, 5) is 32.8. The number of carbonyl (C=O) groups excluding carboxylic acids is 1. The van der Waals surface area contributed by atoms with Gasteiger partial charge in [-0.05, 0) is 80.1 Å². The monoisotopic (exact) mass is 671 g/mol. The van der Waals surface area contributed by atoms with E-state index in [-0.39, 0.29) is 23.6 Å². The molecule has 0 aliphatic carbocycles. The van der Waals surface area contributed by atoms with Gasteiger partial charge in [-0.25, -0.2) is 14.4 Å². The quantitative estimate of drug-likeness (QED) is 0.129. The number of fused-ring (bicyclic) bond motifs is 1. The van der Waals surface area contributed by atoms with Crippen LogP contribution in [0.15, 0.2) is 48.9 Å². The molecule has 0 bridgehead atoms. The second-order valence-electron chi connectivity index (χ2n) is 11.7. The number of carboxylic acid groups (broad SMARTS) is 1. The Morgan fingerprint density at radius 2 is 1.88 bits per heavy atom. The molecule has 6 rings (SSSR count). The molecule has 15 heteroatoms. The number of amides is 1. The molecule has 11 nitrogen and oxygen atoms in total. The fourth-order valence-corrected chi connectivity index (χ4v) is 5.99. The van der Waals surface area contributed by atoms with Gasteiger partial charge in [0.15, 0.2) is 23.0 Å². The number of piperidine rings is 1. The van der Waals surface area contributed by atoms with Crippen LogP contribution >= 0.6 is 0 Å². The average molecular weight is 672 g/mol. The number of nitrogens with zero attached hydrogens (tertiary/aromatic N) is 4. The Balaban J connectivity index is 0.00000145. The van der Waals surface area contributed by atoms with E-state index in [0.717, 1.165) is 69.2 Å². The van der Waals surface area contributed by atoms with E-state index in [9.17, 15) is 22.4 Å². The van der Waals surface area contributed by atoms with Crippen LogP contribution in [0.25, 0.3) is 16.9 Å². The van der Waals surface area contributed by atoms with Crippen molar-refractivity contribution < 1.29 is 37.0 Å². The third-order valence-electron chi connectivity index (χ3n) is 8.60. The molecule has 2 aliphatic heterocycles. The number of aryl methyl sites for hydroxylation is 1. The van der Waals surface area contributed by atoms with Crippen LogP contribution in [-0.2, 0) is 11.2 Å². The molecule has 0 atom stereocenters. The number of likely N-dealkylation sites (tertiary alicyclic amines) is 1. The molecule has 2 aromatic carbocycles. The number of halogens is 4. The molecule has 48 heavy (non-hydrogen) atoms. The average Bonchev–Trinajstić information content (AvgIpc) is 3.49. The van der Waals surface area contributed by atoms with Gasteiger partial charge in [0.2, 0.25) is 5.82 Å². The molecule has 0 spiro atoms. The summed E-state index contributed by atoms with van der Waals surface area (Å²) < 4.78 is 59.9. The summed E-state index contributed by atoms with van der Waals surface area (Å²) in [6.45, 7) is 4.64. The Morgan fingerprint density at radius 1 is 1.12 bits per heavy atom. The molecule has 4 N–H and O–H groups in total. The van der Waals surface area contributed by atoms with E-state index < -0.39 is 24.0 Å². The number of hydrogen-bond donors (Lipinski definition) is 4. The van der Waals surface area contributed by atoms with Crippen molar-refractivity contribution in [3.8, 4) is 17.0 Å². The number of carbonyl (C=O) groups is 2. The van der Waals surface area contributed by atoms with Crippen molar-refractivity contribution in [2.45, 2.75) is 32.8 Å². The Labute approximate surface area is 274 Å². The summed E-state index contributed by atoms with van der Waals surface area (Å²) >= 11 is 0. The Kier molecular flexibility index (Phi) is 11.4. The van der Waals surface area contributed by atoms with Gasteiger partial charge in [-0.15, -0.1) is 0 Å². The molecular weight excluding hydrogens is 634 g/mol. The lowest BCUT2D eigenvalue weighted by molar-refractivity contribution is -0.122. The minimum absolute atomic E-state index is 0.0984. The number of anilines is 2. The summed E-state index contributed by atoms with van der Waals surface area (Å²) in [7, 11) is 0. The van der Waals surface area contributed by atoms with E-state index in [0.29, 0.717) is 41.6 Å². The summed E-state index contributed by atoms with van der Waals surface area (Å²) in [6, 6.07) is 7.55. The lowest BCUT2D eigenvalue weighted by atomic mass is 9.94. The molecule has 4 heterocycles. The lowest BCUT2D eigenvalue weighted by Crippen LogP contribution is -2.50. The number of hydrogen-bond acceptors (Lipinski definition) is 8. The van der Waals surface area contributed by atoms with Gasteiger partial charge in [0, 0.05) is 55.4 Å². The van der Waals surface area contributed by atoms with Crippen LogP contribution in [0.3, 0.4) is 0 Å². The zero-order valence-corrected chi connectivity index (χ0v) is 26.3. The van der Waals surface area contributed by atoms with Crippen molar-refractivity contribution in [2.24, 2.45) is 11.8 Å². The van der Waals surface area contributed by atoms with Crippen molar-refractivity contribution in [3.63, 3.8) is 0 Å². The number of nitrogens with one attached hydrogen (secondary N) is 3. The highest BCUT2D eigenvalue weighted by atomic mass is 19.3. The summed E-state index contributed by atoms with van der Waals surface area (Å²) in [5.41, 5.74) is 2.49. The minimum atomic E-state index is -3.29. The van der Waals surface area contributed by atoms with Crippen molar-refractivity contribution in [3.05, 3.63) is 71.7 Å². The van der Waals surface area contributed by atoms with Gasteiger partial charge in [0.1, 0.15) is 0 Å². The fraction of sp³-hybridized carbons (Fsp3) is 0.394. The normalized spacial score (nSPS) is 15.5. The van der Waals surface area contributed by atoms with Crippen LogP contribution in [0, 0.1) is 23.5 Å². The smallest absolute Gasteiger partial charge is 0.387 e. The van der Waals surface area contributed by atoms with Gasteiger partial charge in [-0.2, -0.15) is 13.2 Å². The predicted molar refractivity (Wildman–Crippen MR) is 171 cm³/mol. The maximum atomic E-state index is 14.9. The highest BCUT2D eigenvalue weighted by Gasteiger charge is 2.25. The third kappa shape index (κ3) is 8.02. The summed E-state index contributed by atoms with van der Waals surface area (Å²) in [5.74, 6) is -2.25. The van der Waals surface area contributed by atoms with Crippen LogP contribution in [0.5, 0.6) is 5.75 Å². The number of imidazole rings is 1. The number of benzene rings is 2. The molecular formula is C33H37F4N7O4. The summed E-state index contributed by atoms with van der Waals surface area (Å²) in [5, 5.41) is 16.6. The van der Waals surface area contributed by atoms with Crippen molar-refractivity contribution in [2.75, 3.05) is 44.6 Å². The topological polar surface area (TPSA) is 133 Å². The number of ether oxygens (including phenoxy) is 1. The van der Waals surface area contributed by atoms with E-state index in [1.54, 1.807) is 12.1 Å². The standard InChI is InChI=1S/C32H35F4N7O2.CH2O2/c1-2-21-13-22(3-4-23(21)31(44)40-16-19-7-10-42(11-8-19)18-20-14-37-15-20)41-29-30-39-17-25(43(30)12-9-38-29)24-5-6-26(45-32(35)36)28(34)27(24)33;2-1-3/h3-6,9,12-13,17,19-20,32,37H,2,7-8,10-11,14-16,18H2,1H3,(H,38,41)(H,40,44);1H,(H,2,3). The number of alkyl halides is 2. The van der Waals surface area contributed by atoms with E-state index in [2.05, 4.69) is 35.6 Å². The van der Waals surface area contributed by atoms with Crippen molar-refractivity contribution in [1.82, 2.24) is 29.9 Å². The predicted octanol–water partition coefficient (Wildman–Crippen LogP) is 4.94. The lowest BCUT2D eigenvalue weighted by Gasteiger charge is -2.37. The highest BCUT2D eigenvalue weighted by Crippen LogP contribution is 2.32. The van der Waals surface area contributed by atoms with Crippen LogP contribution in [-0.4, -0.2) is 82.6 Å². The van der Waals surface area contributed by atoms with Gasteiger partial charge in [-0.1, -0.05) is 6.92 Å². The van der Waals surface area contributed by atoms with Gasteiger partial charge in [0.25, 0.3) is 12.4 Å². The molecule has 0 radical (unpaired) electrons. The highest BCUT2D eigenvalue weighted by molar-refractivity contribution is 5.96. The first kappa shape index (κ1) is 34.6. The van der Waals surface area contributed by atoms with Gasteiger partial charge < -0.3 is 30.7 Å². The van der Waals surface area contributed by atoms with E-state index in [4.69, 9.17) is 9.90 Å².